The Balaban J connectivity index is 1.26. The lowest BCUT2D eigenvalue weighted by Gasteiger charge is -2.14. The number of fused-ring (bicyclic) bond motifs is 1. The zero-order chi connectivity index (χ0) is 19.3. The van der Waals surface area contributed by atoms with Gasteiger partial charge in [-0.15, -0.1) is 10.2 Å². The lowest BCUT2D eigenvalue weighted by atomic mass is 10.1. The lowest BCUT2D eigenvalue weighted by Crippen LogP contribution is -2.20. The number of methoxy groups -OCH3 is 1. The number of aromatic nitrogens is 3. The fraction of sp³-hybridized carbons (Fsp3) is 0.364. The number of nitrogens with zero attached hydrogens (tertiary/aromatic N) is 3. The van der Waals surface area contributed by atoms with Gasteiger partial charge in [-0.2, -0.15) is 0 Å². The molecule has 1 aliphatic carbocycles. The van der Waals surface area contributed by atoms with E-state index in [1.807, 2.05) is 25.2 Å². The molecule has 1 atom stereocenters. The number of benzene rings is 2. The molecule has 0 amide bonds. The van der Waals surface area contributed by atoms with Crippen LogP contribution >= 0.6 is 11.8 Å². The fourth-order valence-corrected chi connectivity index (χ4v) is 4.56. The molecule has 1 aliphatic rings. The molecule has 28 heavy (non-hydrogen) atoms. The first-order valence-electron chi connectivity index (χ1n) is 9.74. The van der Waals surface area contributed by atoms with Gasteiger partial charge < -0.3 is 14.6 Å². The molecule has 1 aromatic heterocycles. The molecule has 0 fully saturated rings. The van der Waals surface area contributed by atoms with Gasteiger partial charge in [0.2, 0.25) is 0 Å². The molecule has 0 aliphatic heterocycles. The van der Waals surface area contributed by atoms with Crippen molar-refractivity contribution in [1.29, 1.82) is 0 Å². The Hall–Kier alpha value is -2.31. The van der Waals surface area contributed by atoms with E-state index in [2.05, 4.69) is 50.4 Å². The predicted octanol–water partition coefficient (Wildman–Crippen LogP) is 4.25. The van der Waals surface area contributed by atoms with Gasteiger partial charge in [-0.25, -0.2) is 0 Å². The standard InChI is InChI=1S/C22H26N4OS/c1-26-21(17-7-4-3-5-8-17)24-25-22(26)28-14-6-13-23-20-12-10-16-9-11-18(27-2)15-19(16)20/h3-5,7-9,11,15,20,23H,6,10,12-14H2,1-2H3. The minimum absolute atomic E-state index is 0.439. The van der Waals surface area contributed by atoms with Crippen LogP contribution in [-0.4, -0.2) is 34.2 Å². The van der Waals surface area contributed by atoms with Crippen LogP contribution in [0.4, 0.5) is 0 Å². The van der Waals surface area contributed by atoms with Crippen LogP contribution in [0.25, 0.3) is 11.4 Å². The van der Waals surface area contributed by atoms with Gasteiger partial charge in [0.05, 0.1) is 7.11 Å². The Kier molecular flexibility index (Phi) is 5.98. The molecule has 0 spiro atoms. The van der Waals surface area contributed by atoms with Gasteiger partial charge >= 0.3 is 0 Å². The topological polar surface area (TPSA) is 52.0 Å². The molecule has 0 saturated heterocycles. The molecule has 6 heteroatoms. The number of nitrogens with one attached hydrogen (secondary N) is 1. The maximum atomic E-state index is 5.38. The normalized spacial score (nSPS) is 15.6. The Morgan fingerprint density at radius 3 is 2.86 bits per heavy atom. The van der Waals surface area contributed by atoms with E-state index in [9.17, 15) is 0 Å². The average molecular weight is 395 g/mol. The zero-order valence-electron chi connectivity index (χ0n) is 16.4. The summed E-state index contributed by atoms with van der Waals surface area (Å²) in [4.78, 5) is 0. The number of rotatable bonds is 8. The summed E-state index contributed by atoms with van der Waals surface area (Å²) in [6, 6.07) is 17.1. The number of hydrogen-bond donors (Lipinski definition) is 1. The number of thioether (sulfide) groups is 1. The molecule has 1 N–H and O–H groups in total. The highest BCUT2D eigenvalue weighted by Crippen LogP contribution is 2.33. The highest BCUT2D eigenvalue weighted by Gasteiger charge is 2.22. The van der Waals surface area contributed by atoms with Crippen LogP contribution in [-0.2, 0) is 13.5 Å². The van der Waals surface area contributed by atoms with Crippen molar-refractivity contribution >= 4 is 11.8 Å². The highest BCUT2D eigenvalue weighted by molar-refractivity contribution is 7.99. The van der Waals surface area contributed by atoms with Crippen molar-refractivity contribution in [1.82, 2.24) is 20.1 Å². The van der Waals surface area contributed by atoms with Crippen LogP contribution in [0.15, 0.2) is 53.7 Å². The van der Waals surface area contributed by atoms with E-state index in [-0.39, 0.29) is 0 Å². The summed E-state index contributed by atoms with van der Waals surface area (Å²) in [6.45, 7) is 0.998. The largest absolute Gasteiger partial charge is 0.497 e. The van der Waals surface area contributed by atoms with Crippen LogP contribution in [0.1, 0.15) is 30.0 Å². The number of aryl methyl sites for hydroxylation is 1. The van der Waals surface area contributed by atoms with Gasteiger partial charge in [-0.3, -0.25) is 0 Å². The van der Waals surface area contributed by atoms with Crippen molar-refractivity contribution in [3.63, 3.8) is 0 Å². The fourth-order valence-electron chi connectivity index (χ4n) is 3.71. The van der Waals surface area contributed by atoms with Crippen LogP contribution in [0.5, 0.6) is 5.75 Å². The lowest BCUT2D eigenvalue weighted by molar-refractivity contribution is 0.413. The summed E-state index contributed by atoms with van der Waals surface area (Å²) < 4.78 is 7.45. The molecule has 3 aromatic rings. The third-order valence-corrected chi connectivity index (χ3v) is 6.35. The van der Waals surface area contributed by atoms with Crippen LogP contribution < -0.4 is 10.1 Å². The van der Waals surface area contributed by atoms with E-state index < -0.39 is 0 Å². The van der Waals surface area contributed by atoms with Gasteiger partial charge in [-0.1, -0.05) is 48.2 Å². The van der Waals surface area contributed by atoms with E-state index in [1.165, 1.54) is 17.5 Å². The van der Waals surface area contributed by atoms with E-state index >= 15 is 0 Å². The van der Waals surface area contributed by atoms with Gasteiger partial charge in [0.15, 0.2) is 11.0 Å². The van der Waals surface area contributed by atoms with E-state index in [0.29, 0.717) is 6.04 Å². The first kappa shape index (κ1) is 19.0. The molecular weight excluding hydrogens is 368 g/mol. The summed E-state index contributed by atoms with van der Waals surface area (Å²) in [5.74, 6) is 2.88. The van der Waals surface area contributed by atoms with Crippen molar-refractivity contribution in [2.24, 2.45) is 7.05 Å². The number of hydrogen-bond acceptors (Lipinski definition) is 5. The van der Waals surface area contributed by atoms with Crippen molar-refractivity contribution in [3.8, 4) is 17.1 Å². The molecule has 0 saturated carbocycles. The minimum Gasteiger partial charge on any atom is -0.497 e. The molecule has 2 aromatic carbocycles. The smallest absolute Gasteiger partial charge is 0.191 e. The monoisotopic (exact) mass is 394 g/mol. The highest BCUT2D eigenvalue weighted by atomic mass is 32.2. The zero-order valence-corrected chi connectivity index (χ0v) is 17.2. The molecular formula is C22H26N4OS. The maximum Gasteiger partial charge on any atom is 0.191 e. The Bertz CT molecular complexity index is 926. The molecule has 0 radical (unpaired) electrons. The van der Waals surface area contributed by atoms with Crippen LogP contribution in [0.2, 0.25) is 0 Å². The molecule has 5 nitrogen and oxygen atoms in total. The summed E-state index contributed by atoms with van der Waals surface area (Å²) in [5.41, 5.74) is 3.94. The Morgan fingerprint density at radius 1 is 1.18 bits per heavy atom. The van der Waals surface area contributed by atoms with Crippen molar-refractivity contribution in [2.75, 3.05) is 19.4 Å². The third kappa shape index (κ3) is 4.08. The summed E-state index contributed by atoms with van der Waals surface area (Å²) >= 11 is 1.77. The minimum atomic E-state index is 0.439. The average Bonchev–Trinajstić information content (AvgIpc) is 3.31. The second kappa shape index (κ2) is 8.80. The van der Waals surface area contributed by atoms with Crippen molar-refractivity contribution in [2.45, 2.75) is 30.5 Å². The van der Waals surface area contributed by atoms with E-state index in [1.54, 1.807) is 18.9 Å². The second-order valence-corrected chi connectivity index (χ2v) is 8.11. The summed E-state index contributed by atoms with van der Waals surface area (Å²) in [7, 11) is 3.76. The maximum absolute atomic E-state index is 5.38. The first-order chi connectivity index (χ1) is 13.8. The van der Waals surface area contributed by atoms with Crippen LogP contribution in [0, 0.1) is 0 Å². The van der Waals surface area contributed by atoms with E-state index in [0.717, 1.165) is 47.4 Å². The van der Waals surface area contributed by atoms with Crippen LogP contribution in [0.3, 0.4) is 0 Å². The SMILES string of the molecule is COc1ccc2c(c1)C(NCCCSc1nnc(-c3ccccc3)n1C)CC2. The van der Waals surface area contributed by atoms with Gasteiger partial charge in [-0.05, 0) is 49.1 Å². The van der Waals surface area contributed by atoms with Gasteiger partial charge in [0.25, 0.3) is 0 Å². The van der Waals surface area contributed by atoms with Crippen molar-refractivity contribution in [3.05, 3.63) is 59.7 Å². The predicted molar refractivity (Wildman–Crippen MR) is 114 cm³/mol. The van der Waals surface area contributed by atoms with Crippen molar-refractivity contribution < 1.29 is 4.74 Å². The first-order valence-corrected chi connectivity index (χ1v) is 10.7. The van der Waals surface area contributed by atoms with Gasteiger partial charge in [0.1, 0.15) is 5.75 Å². The second-order valence-electron chi connectivity index (χ2n) is 7.04. The molecule has 1 unspecified atom stereocenters. The number of ether oxygens (including phenoxy) is 1. The summed E-state index contributed by atoms with van der Waals surface area (Å²) in [6.07, 6.45) is 3.40. The quantitative estimate of drug-likeness (QED) is 0.457. The molecule has 4 rings (SSSR count). The Morgan fingerprint density at radius 2 is 2.04 bits per heavy atom. The van der Waals surface area contributed by atoms with E-state index in [4.69, 9.17) is 4.74 Å². The Labute approximate surface area is 170 Å². The van der Waals surface area contributed by atoms with Gasteiger partial charge in [0, 0.05) is 24.4 Å². The third-order valence-electron chi connectivity index (χ3n) is 5.24. The molecule has 1 heterocycles. The summed E-state index contributed by atoms with van der Waals surface area (Å²) in [5, 5.41) is 13.4. The molecule has 146 valence electrons. The molecule has 0 bridgehead atoms.